The van der Waals surface area contributed by atoms with Crippen molar-refractivity contribution in [3.63, 3.8) is 0 Å². The SMILES string of the molecule is CSc1sc(NC(=O)C(=O)Nc2ccccc2C(=O)C2CCCC2)nc1C(N)S(C)(=O)=O. The van der Waals surface area contributed by atoms with Gasteiger partial charge in [-0.15, -0.1) is 11.8 Å². The second kappa shape index (κ2) is 10.1. The summed E-state index contributed by atoms with van der Waals surface area (Å²) in [5, 5.41) is 3.59. The summed E-state index contributed by atoms with van der Waals surface area (Å²) in [6.45, 7) is 0. The number of anilines is 2. The van der Waals surface area contributed by atoms with E-state index < -0.39 is 27.0 Å². The molecule has 0 spiro atoms. The molecule has 1 aliphatic rings. The van der Waals surface area contributed by atoms with Crippen LogP contribution >= 0.6 is 23.1 Å². The van der Waals surface area contributed by atoms with E-state index in [9.17, 15) is 22.8 Å². The highest BCUT2D eigenvalue weighted by Crippen LogP contribution is 2.35. The summed E-state index contributed by atoms with van der Waals surface area (Å²) in [4.78, 5) is 41.8. The van der Waals surface area contributed by atoms with E-state index in [2.05, 4.69) is 15.6 Å². The van der Waals surface area contributed by atoms with Gasteiger partial charge in [-0.05, 0) is 31.2 Å². The van der Waals surface area contributed by atoms with Crippen LogP contribution in [0.4, 0.5) is 10.8 Å². The first-order valence-corrected chi connectivity index (χ1v) is 13.9. The second-order valence-corrected chi connectivity index (χ2v) is 11.7. The molecular formula is C20H24N4O5S3. The van der Waals surface area contributed by atoms with Gasteiger partial charge < -0.3 is 11.1 Å². The Morgan fingerprint density at radius 1 is 1.16 bits per heavy atom. The Labute approximate surface area is 194 Å². The molecule has 1 unspecified atom stereocenters. The van der Waals surface area contributed by atoms with Crippen molar-refractivity contribution < 1.29 is 22.8 Å². The van der Waals surface area contributed by atoms with Crippen LogP contribution in [0.25, 0.3) is 0 Å². The van der Waals surface area contributed by atoms with Gasteiger partial charge in [0.15, 0.2) is 26.1 Å². The molecular weight excluding hydrogens is 472 g/mol. The number of amides is 2. The Hall–Kier alpha value is -2.28. The summed E-state index contributed by atoms with van der Waals surface area (Å²) in [5.74, 6) is -2.07. The van der Waals surface area contributed by atoms with E-state index in [4.69, 9.17) is 5.73 Å². The first-order valence-electron chi connectivity index (χ1n) is 9.86. The maximum absolute atomic E-state index is 12.8. The number of benzene rings is 1. The van der Waals surface area contributed by atoms with Gasteiger partial charge in [0.25, 0.3) is 0 Å². The molecule has 1 saturated carbocycles. The lowest BCUT2D eigenvalue weighted by Gasteiger charge is -2.13. The van der Waals surface area contributed by atoms with E-state index >= 15 is 0 Å². The van der Waals surface area contributed by atoms with Gasteiger partial charge in [0.2, 0.25) is 0 Å². The van der Waals surface area contributed by atoms with Gasteiger partial charge >= 0.3 is 11.8 Å². The maximum atomic E-state index is 12.8. The van der Waals surface area contributed by atoms with Crippen LogP contribution in [0.5, 0.6) is 0 Å². The first kappa shape index (κ1) is 24.4. The normalized spacial score (nSPS) is 15.3. The Bertz CT molecular complexity index is 1140. The predicted molar refractivity (Wildman–Crippen MR) is 126 cm³/mol. The summed E-state index contributed by atoms with van der Waals surface area (Å²) in [7, 11) is -3.60. The Morgan fingerprint density at radius 2 is 1.78 bits per heavy atom. The van der Waals surface area contributed by atoms with E-state index in [0.29, 0.717) is 9.77 Å². The van der Waals surface area contributed by atoms with Crippen molar-refractivity contribution >= 4 is 61.4 Å². The van der Waals surface area contributed by atoms with Crippen molar-refractivity contribution in [3.05, 3.63) is 35.5 Å². The summed E-state index contributed by atoms with van der Waals surface area (Å²) < 4.78 is 24.1. The molecule has 1 fully saturated rings. The zero-order chi connectivity index (χ0) is 23.5. The number of hydrogen-bond acceptors (Lipinski definition) is 9. The summed E-state index contributed by atoms with van der Waals surface area (Å²) in [6.07, 6.45) is 6.37. The molecule has 1 aromatic carbocycles. The van der Waals surface area contributed by atoms with E-state index in [1.807, 2.05) is 0 Å². The fraction of sp³-hybridized carbons (Fsp3) is 0.400. The Kier molecular flexibility index (Phi) is 7.70. The summed E-state index contributed by atoms with van der Waals surface area (Å²) in [6, 6.07) is 6.59. The van der Waals surface area contributed by atoms with Gasteiger partial charge in [-0.1, -0.05) is 36.3 Å². The van der Waals surface area contributed by atoms with Crippen LogP contribution in [0.1, 0.15) is 47.1 Å². The average molecular weight is 497 g/mol. The minimum absolute atomic E-state index is 0.0391. The van der Waals surface area contributed by atoms with Gasteiger partial charge in [0.1, 0.15) is 0 Å². The molecule has 0 bridgehead atoms. The first-order chi connectivity index (χ1) is 15.1. The average Bonchev–Trinajstić information content (AvgIpc) is 3.42. The van der Waals surface area contributed by atoms with Crippen LogP contribution in [-0.4, -0.2) is 43.5 Å². The number of nitrogens with zero attached hydrogens (tertiary/aromatic N) is 1. The van der Waals surface area contributed by atoms with Gasteiger partial charge in [0.05, 0.1) is 15.6 Å². The quantitative estimate of drug-likeness (QED) is 0.301. The number of rotatable bonds is 7. The third-order valence-electron chi connectivity index (χ3n) is 5.13. The van der Waals surface area contributed by atoms with Crippen LogP contribution in [-0.2, 0) is 19.4 Å². The second-order valence-electron chi connectivity index (χ2n) is 7.45. The molecule has 1 aliphatic carbocycles. The van der Waals surface area contributed by atoms with Crippen LogP contribution in [0.15, 0.2) is 28.5 Å². The molecule has 1 atom stereocenters. The highest BCUT2D eigenvalue weighted by Gasteiger charge is 2.28. The third kappa shape index (κ3) is 5.55. The van der Waals surface area contributed by atoms with Crippen molar-refractivity contribution in [1.29, 1.82) is 0 Å². The van der Waals surface area contributed by atoms with E-state index in [1.165, 1.54) is 11.8 Å². The summed E-state index contributed by atoms with van der Waals surface area (Å²) >= 11 is 2.26. The lowest BCUT2D eigenvalue weighted by molar-refractivity contribution is -0.133. The molecule has 1 heterocycles. The topological polar surface area (TPSA) is 148 Å². The molecule has 12 heteroatoms. The minimum Gasteiger partial charge on any atom is -0.317 e. The van der Waals surface area contributed by atoms with Gasteiger partial charge in [-0.3, -0.25) is 19.7 Å². The van der Waals surface area contributed by atoms with Crippen LogP contribution in [0.2, 0.25) is 0 Å². The van der Waals surface area contributed by atoms with Crippen LogP contribution in [0.3, 0.4) is 0 Å². The van der Waals surface area contributed by atoms with Gasteiger partial charge in [-0.2, -0.15) is 0 Å². The van der Waals surface area contributed by atoms with Crippen molar-refractivity contribution in [2.45, 2.75) is 35.3 Å². The number of thiazole rings is 1. The van der Waals surface area contributed by atoms with Crippen molar-refractivity contribution in [2.75, 3.05) is 23.1 Å². The van der Waals surface area contributed by atoms with E-state index in [-0.39, 0.29) is 28.2 Å². The van der Waals surface area contributed by atoms with Gasteiger partial charge in [-0.25, -0.2) is 13.4 Å². The highest BCUT2D eigenvalue weighted by atomic mass is 32.2. The Morgan fingerprint density at radius 3 is 2.41 bits per heavy atom. The number of nitrogens with two attached hydrogens (primary N) is 1. The molecule has 0 aliphatic heterocycles. The maximum Gasteiger partial charge on any atom is 0.315 e. The number of thioether (sulfide) groups is 1. The largest absolute Gasteiger partial charge is 0.317 e. The molecule has 172 valence electrons. The van der Waals surface area contributed by atoms with Gasteiger partial charge in [0, 0.05) is 17.7 Å². The lowest BCUT2D eigenvalue weighted by atomic mass is 9.95. The van der Waals surface area contributed by atoms with Crippen molar-refractivity contribution in [3.8, 4) is 0 Å². The zero-order valence-corrected chi connectivity index (χ0v) is 20.0. The van der Waals surface area contributed by atoms with Crippen LogP contribution < -0.4 is 16.4 Å². The fourth-order valence-corrected chi connectivity index (χ4v) is 5.87. The zero-order valence-electron chi connectivity index (χ0n) is 17.6. The van der Waals surface area contributed by atoms with E-state index in [0.717, 1.165) is 43.3 Å². The van der Waals surface area contributed by atoms with E-state index in [1.54, 1.807) is 30.5 Å². The van der Waals surface area contributed by atoms with Crippen molar-refractivity contribution in [2.24, 2.45) is 11.7 Å². The summed E-state index contributed by atoms with van der Waals surface area (Å²) in [5.41, 5.74) is 6.54. The number of carbonyl (C=O) groups is 3. The molecule has 1 aromatic heterocycles. The molecule has 32 heavy (non-hydrogen) atoms. The monoisotopic (exact) mass is 496 g/mol. The number of carbonyl (C=O) groups excluding carboxylic acids is 3. The molecule has 0 saturated heterocycles. The molecule has 2 amide bonds. The fourth-order valence-electron chi connectivity index (χ4n) is 3.45. The number of aromatic nitrogens is 1. The highest BCUT2D eigenvalue weighted by molar-refractivity contribution is 8.00. The number of para-hydroxylation sites is 1. The molecule has 9 nitrogen and oxygen atoms in total. The minimum atomic E-state index is -3.60. The number of sulfone groups is 1. The smallest absolute Gasteiger partial charge is 0.315 e. The molecule has 0 radical (unpaired) electrons. The Balaban J connectivity index is 1.73. The number of ketones is 1. The van der Waals surface area contributed by atoms with Crippen LogP contribution in [0, 0.1) is 5.92 Å². The molecule has 2 aromatic rings. The standard InChI is InChI=1S/C20H24N4O5S3/c1-30-19-14(16(21)32(2,28)29)23-20(31-19)24-18(27)17(26)22-13-10-6-5-9-12(13)15(25)11-7-3-4-8-11/h5-6,9-11,16H,3-4,7-8,21H2,1-2H3,(H,22,26)(H,23,24,27). The lowest BCUT2D eigenvalue weighted by Crippen LogP contribution is -2.30. The third-order valence-corrected chi connectivity index (χ3v) is 8.39. The number of Topliss-reactive ketones (excluding diaryl/α,β-unsaturated/α-hetero) is 1. The predicted octanol–water partition coefficient (Wildman–Crippen LogP) is 2.82. The molecule has 4 N–H and O–H groups in total. The number of hydrogen-bond donors (Lipinski definition) is 3. The number of nitrogens with one attached hydrogen (secondary N) is 2. The van der Waals surface area contributed by atoms with Crippen molar-refractivity contribution in [1.82, 2.24) is 4.98 Å². The molecule has 3 rings (SSSR count).